The highest BCUT2D eigenvalue weighted by Crippen LogP contribution is 2.43. The van der Waals surface area contributed by atoms with Gasteiger partial charge in [0.05, 0.1) is 59.5 Å². The molecule has 2 aromatic carbocycles. The van der Waals surface area contributed by atoms with Crippen LogP contribution in [0, 0.1) is 0 Å². The molecule has 0 amide bonds. The van der Waals surface area contributed by atoms with Gasteiger partial charge >= 0.3 is 0 Å². The Hall–Kier alpha value is -0.490. The summed E-state index contributed by atoms with van der Waals surface area (Å²) in [5.74, 6) is 2.75. The summed E-state index contributed by atoms with van der Waals surface area (Å²) in [5.41, 5.74) is 0. The maximum Gasteiger partial charge on any atom is 0.104 e. The summed E-state index contributed by atoms with van der Waals surface area (Å²) >= 11 is 5.65. The highest BCUT2D eigenvalue weighted by molar-refractivity contribution is 8.04. The molecular weight excluding hydrogens is 492 g/mol. The van der Waals surface area contributed by atoms with Crippen LogP contribution in [0.15, 0.2) is 45.0 Å². The highest BCUT2D eigenvalue weighted by Gasteiger charge is 2.24. The molecule has 9 heteroatoms. The SMILES string of the molecule is c1ccc2c(SCCOCC3CO3)c(SCCOCC3CO3)c(SCCOCC3CO3)cc2c1. The lowest BCUT2D eigenvalue weighted by molar-refractivity contribution is 0.130. The molecule has 3 fully saturated rings. The van der Waals surface area contributed by atoms with Crippen LogP contribution in [0.1, 0.15) is 0 Å². The van der Waals surface area contributed by atoms with Gasteiger partial charge in [0.1, 0.15) is 18.3 Å². The quantitative estimate of drug-likeness (QED) is 0.161. The van der Waals surface area contributed by atoms with Crippen molar-refractivity contribution in [3.8, 4) is 0 Å². The van der Waals surface area contributed by atoms with E-state index in [1.165, 1.54) is 25.5 Å². The second-order valence-corrected chi connectivity index (χ2v) is 11.7. The number of ether oxygens (including phenoxy) is 6. The number of hydrogen-bond donors (Lipinski definition) is 0. The molecule has 3 heterocycles. The van der Waals surface area contributed by atoms with Crippen molar-refractivity contribution < 1.29 is 28.4 Å². The van der Waals surface area contributed by atoms with Gasteiger partial charge in [0.15, 0.2) is 0 Å². The van der Waals surface area contributed by atoms with Gasteiger partial charge in [0, 0.05) is 31.9 Å². The molecule has 0 bridgehead atoms. The molecule has 3 saturated heterocycles. The molecule has 3 unspecified atom stereocenters. The maximum absolute atomic E-state index is 5.81. The molecule has 34 heavy (non-hydrogen) atoms. The van der Waals surface area contributed by atoms with Crippen LogP contribution in [-0.2, 0) is 28.4 Å². The van der Waals surface area contributed by atoms with E-state index in [1.807, 2.05) is 35.3 Å². The predicted octanol–water partition coefficient (Wildman–Crippen LogP) is 4.36. The van der Waals surface area contributed by atoms with Gasteiger partial charge in [0.25, 0.3) is 0 Å². The van der Waals surface area contributed by atoms with Crippen LogP contribution in [-0.4, -0.2) is 95.0 Å². The first kappa shape index (κ1) is 25.2. The van der Waals surface area contributed by atoms with E-state index in [1.54, 1.807) is 0 Å². The Morgan fingerprint density at radius 3 is 1.74 bits per heavy atom. The van der Waals surface area contributed by atoms with Crippen LogP contribution < -0.4 is 0 Å². The zero-order valence-corrected chi connectivity index (χ0v) is 21.7. The molecule has 0 aromatic heterocycles. The topological polar surface area (TPSA) is 65.3 Å². The second kappa shape index (κ2) is 13.2. The Morgan fingerprint density at radius 2 is 1.18 bits per heavy atom. The number of thioether (sulfide) groups is 3. The molecular formula is C25H32O6S3. The molecule has 186 valence electrons. The van der Waals surface area contributed by atoms with E-state index >= 15 is 0 Å². The minimum Gasteiger partial charge on any atom is -0.378 e. The molecule has 5 rings (SSSR count). The van der Waals surface area contributed by atoms with Gasteiger partial charge in [-0.15, -0.1) is 35.3 Å². The fourth-order valence-corrected chi connectivity index (χ4v) is 6.88. The minimum atomic E-state index is 0.310. The van der Waals surface area contributed by atoms with Crippen LogP contribution >= 0.6 is 35.3 Å². The van der Waals surface area contributed by atoms with E-state index in [0.29, 0.717) is 38.1 Å². The van der Waals surface area contributed by atoms with Gasteiger partial charge < -0.3 is 28.4 Å². The Morgan fingerprint density at radius 1 is 0.676 bits per heavy atom. The van der Waals surface area contributed by atoms with Crippen molar-refractivity contribution in [1.29, 1.82) is 0 Å². The summed E-state index contributed by atoms with van der Waals surface area (Å²) in [6.07, 6.45) is 0.936. The number of hydrogen-bond acceptors (Lipinski definition) is 9. The van der Waals surface area contributed by atoms with Crippen LogP contribution in [0.3, 0.4) is 0 Å². The van der Waals surface area contributed by atoms with Crippen molar-refractivity contribution in [3.05, 3.63) is 30.3 Å². The van der Waals surface area contributed by atoms with Gasteiger partial charge in [-0.05, 0) is 16.8 Å². The molecule has 0 spiro atoms. The van der Waals surface area contributed by atoms with Crippen LogP contribution in [0.2, 0.25) is 0 Å². The largest absolute Gasteiger partial charge is 0.378 e. The molecule has 0 radical (unpaired) electrons. The molecule has 0 N–H and O–H groups in total. The van der Waals surface area contributed by atoms with E-state index in [-0.39, 0.29) is 0 Å². The van der Waals surface area contributed by atoms with Gasteiger partial charge in [-0.3, -0.25) is 0 Å². The molecule has 6 nitrogen and oxygen atoms in total. The van der Waals surface area contributed by atoms with Crippen molar-refractivity contribution in [2.75, 3.05) is 76.7 Å². The fourth-order valence-electron chi connectivity index (χ4n) is 3.41. The number of epoxide rings is 3. The zero-order chi connectivity index (χ0) is 23.0. The lowest BCUT2D eigenvalue weighted by Gasteiger charge is -2.17. The maximum atomic E-state index is 5.81. The van der Waals surface area contributed by atoms with Crippen molar-refractivity contribution in [2.24, 2.45) is 0 Å². The van der Waals surface area contributed by atoms with Gasteiger partial charge in [-0.25, -0.2) is 0 Å². The van der Waals surface area contributed by atoms with Crippen molar-refractivity contribution in [1.82, 2.24) is 0 Å². The average molecular weight is 525 g/mol. The Kier molecular flexibility index (Phi) is 9.75. The summed E-state index contributed by atoms with van der Waals surface area (Å²) in [4.78, 5) is 4.00. The van der Waals surface area contributed by atoms with Crippen LogP contribution in [0.25, 0.3) is 10.8 Å². The Labute approximate surface area is 214 Å². The molecule has 3 atom stereocenters. The summed E-state index contributed by atoms with van der Waals surface area (Å²) in [5, 5.41) is 2.58. The third-order valence-electron chi connectivity index (χ3n) is 5.47. The van der Waals surface area contributed by atoms with E-state index in [2.05, 4.69) is 30.3 Å². The highest BCUT2D eigenvalue weighted by atomic mass is 32.2. The van der Waals surface area contributed by atoms with E-state index in [0.717, 1.165) is 56.9 Å². The van der Waals surface area contributed by atoms with Crippen molar-refractivity contribution in [3.63, 3.8) is 0 Å². The molecule has 2 aromatic rings. The first-order chi connectivity index (χ1) is 16.9. The number of rotatable bonds is 18. The number of fused-ring (bicyclic) bond motifs is 1. The lowest BCUT2D eigenvalue weighted by atomic mass is 10.1. The normalized spacial score (nSPS) is 22.9. The smallest absolute Gasteiger partial charge is 0.104 e. The Bertz CT molecular complexity index is 917. The third kappa shape index (κ3) is 8.28. The first-order valence-electron chi connectivity index (χ1n) is 11.9. The lowest BCUT2D eigenvalue weighted by Crippen LogP contribution is -2.06. The van der Waals surface area contributed by atoms with E-state index < -0.39 is 0 Å². The molecule has 0 saturated carbocycles. The molecule has 3 aliphatic heterocycles. The first-order valence-corrected chi connectivity index (χ1v) is 14.8. The summed E-state index contributed by atoms with van der Waals surface area (Å²) < 4.78 is 33.1. The zero-order valence-electron chi connectivity index (χ0n) is 19.3. The third-order valence-corrected chi connectivity index (χ3v) is 8.90. The standard InChI is InChI=1S/C25H32O6S3/c1-2-4-22-18(3-1)11-23(32-8-5-26-12-19-15-29-19)25(34-10-7-28-14-21-17-31-21)24(22)33-9-6-27-13-20-16-30-20/h1-4,11,19-21H,5-10,12-17H2. The number of benzene rings is 2. The van der Waals surface area contributed by atoms with E-state index in [4.69, 9.17) is 28.4 Å². The van der Waals surface area contributed by atoms with Crippen LogP contribution in [0.5, 0.6) is 0 Å². The Balaban J connectivity index is 1.24. The van der Waals surface area contributed by atoms with Gasteiger partial charge in [-0.1, -0.05) is 24.3 Å². The fraction of sp³-hybridized carbons (Fsp3) is 0.600. The summed E-state index contributed by atoms with van der Waals surface area (Å²) in [7, 11) is 0. The summed E-state index contributed by atoms with van der Waals surface area (Å²) in [6, 6.07) is 11.0. The molecule has 0 aliphatic carbocycles. The van der Waals surface area contributed by atoms with E-state index in [9.17, 15) is 0 Å². The summed E-state index contributed by atoms with van der Waals surface area (Å²) in [6.45, 7) is 6.79. The average Bonchev–Trinajstić information content (AvgIpc) is 3.67. The van der Waals surface area contributed by atoms with Gasteiger partial charge in [-0.2, -0.15) is 0 Å². The predicted molar refractivity (Wildman–Crippen MR) is 138 cm³/mol. The molecule has 3 aliphatic rings. The monoisotopic (exact) mass is 524 g/mol. The minimum absolute atomic E-state index is 0.310. The van der Waals surface area contributed by atoms with Crippen LogP contribution in [0.4, 0.5) is 0 Å². The van der Waals surface area contributed by atoms with Crippen molar-refractivity contribution in [2.45, 2.75) is 33.0 Å². The van der Waals surface area contributed by atoms with Crippen molar-refractivity contribution >= 4 is 46.1 Å². The van der Waals surface area contributed by atoms with Gasteiger partial charge in [0.2, 0.25) is 0 Å². The second-order valence-electron chi connectivity index (χ2n) is 8.39.